The Bertz CT molecular complexity index is 177. The zero-order valence-corrected chi connectivity index (χ0v) is 14.8. The van der Waals surface area contributed by atoms with E-state index >= 15 is 0 Å². The molecular weight excluding hydrogens is 242 g/mol. The molecular formula is C19H41N. The van der Waals surface area contributed by atoms with Gasteiger partial charge < -0.3 is 5.32 Å². The van der Waals surface area contributed by atoms with Crippen LogP contribution < -0.4 is 5.32 Å². The third kappa shape index (κ3) is 13.0. The highest BCUT2D eigenvalue weighted by atomic mass is 14.9. The van der Waals surface area contributed by atoms with E-state index in [1.807, 2.05) is 0 Å². The molecule has 0 aliphatic carbocycles. The summed E-state index contributed by atoms with van der Waals surface area (Å²) in [5.74, 6) is 0.778. The molecule has 1 atom stereocenters. The van der Waals surface area contributed by atoms with Gasteiger partial charge in [0.2, 0.25) is 0 Å². The Balaban J connectivity index is 3.32. The zero-order chi connectivity index (χ0) is 15.1. The van der Waals surface area contributed by atoms with E-state index in [4.69, 9.17) is 0 Å². The molecule has 0 aliphatic heterocycles. The van der Waals surface area contributed by atoms with Crippen LogP contribution in [0.25, 0.3) is 0 Å². The lowest BCUT2D eigenvalue weighted by Crippen LogP contribution is -2.34. The van der Waals surface area contributed by atoms with Gasteiger partial charge in [0.1, 0.15) is 0 Å². The van der Waals surface area contributed by atoms with Crippen LogP contribution in [0.15, 0.2) is 0 Å². The lowest BCUT2D eigenvalue weighted by Gasteiger charge is -2.22. The van der Waals surface area contributed by atoms with Crippen molar-refractivity contribution in [1.82, 2.24) is 5.32 Å². The van der Waals surface area contributed by atoms with Crippen molar-refractivity contribution in [2.24, 2.45) is 5.92 Å². The van der Waals surface area contributed by atoms with Gasteiger partial charge in [-0.1, -0.05) is 91.9 Å². The number of hydrogen-bond donors (Lipinski definition) is 1. The first-order valence-corrected chi connectivity index (χ1v) is 9.45. The molecule has 0 saturated heterocycles. The molecule has 0 radical (unpaired) electrons. The second-order valence-electron chi connectivity index (χ2n) is 6.78. The molecule has 1 heteroatoms. The predicted octanol–water partition coefficient (Wildman–Crippen LogP) is 6.32. The SMILES string of the molecule is CCCCCCCCCCCCC(NCCC)C(C)C. The van der Waals surface area contributed by atoms with E-state index in [0.717, 1.165) is 12.0 Å². The van der Waals surface area contributed by atoms with Crippen molar-refractivity contribution >= 4 is 0 Å². The van der Waals surface area contributed by atoms with Crippen LogP contribution in [0.1, 0.15) is 105 Å². The standard InChI is InChI=1S/C19H41N/c1-5-7-8-9-10-11-12-13-14-15-16-19(18(3)4)20-17-6-2/h18-20H,5-17H2,1-4H3. The van der Waals surface area contributed by atoms with Crippen LogP contribution in [0.4, 0.5) is 0 Å². The van der Waals surface area contributed by atoms with Gasteiger partial charge in [0.25, 0.3) is 0 Å². The van der Waals surface area contributed by atoms with E-state index in [1.165, 1.54) is 83.6 Å². The molecule has 1 nitrogen and oxygen atoms in total. The van der Waals surface area contributed by atoms with Gasteiger partial charge in [-0.3, -0.25) is 0 Å². The minimum Gasteiger partial charge on any atom is -0.314 e. The summed E-state index contributed by atoms with van der Waals surface area (Å²) >= 11 is 0. The first-order valence-electron chi connectivity index (χ1n) is 9.45. The van der Waals surface area contributed by atoms with Gasteiger partial charge in [-0.15, -0.1) is 0 Å². The highest BCUT2D eigenvalue weighted by molar-refractivity contribution is 4.70. The highest BCUT2D eigenvalue weighted by Crippen LogP contribution is 2.14. The molecule has 0 bridgehead atoms. The molecule has 0 aliphatic rings. The van der Waals surface area contributed by atoms with Crippen LogP contribution in [0.2, 0.25) is 0 Å². The summed E-state index contributed by atoms with van der Waals surface area (Å²) in [7, 11) is 0. The molecule has 0 saturated carbocycles. The Hall–Kier alpha value is -0.0400. The van der Waals surface area contributed by atoms with Crippen LogP contribution in [0, 0.1) is 5.92 Å². The Kier molecular flexibility index (Phi) is 15.3. The van der Waals surface area contributed by atoms with Crippen molar-refractivity contribution in [3.8, 4) is 0 Å². The Morgan fingerprint density at radius 3 is 1.60 bits per heavy atom. The largest absolute Gasteiger partial charge is 0.314 e. The first-order chi connectivity index (χ1) is 9.72. The van der Waals surface area contributed by atoms with Crippen molar-refractivity contribution in [2.75, 3.05) is 6.54 Å². The van der Waals surface area contributed by atoms with Crippen molar-refractivity contribution in [2.45, 2.75) is 111 Å². The summed E-state index contributed by atoms with van der Waals surface area (Å²) < 4.78 is 0. The maximum atomic E-state index is 3.70. The van der Waals surface area contributed by atoms with E-state index in [0.29, 0.717) is 0 Å². The Morgan fingerprint density at radius 2 is 1.15 bits per heavy atom. The second kappa shape index (κ2) is 15.4. The molecule has 0 aromatic rings. The van der Waals surface area contributed by atoms with Gasteiger partial charge in [0.15, 0.2) is 0 Å². The molecule has 0 rings (SSSR count). The monoisotopic (exact) mass is 283 g/mol. The molecule has 1 N–H and O–H groups in total. The quantitative estimate of drug-likeness (QED) is 0.347. The average Bonchev–Trinajstić information content (AvgIpc) is 2.43. The predicted molar refractivity (Wildman–Crippen MR) is 93.4 cm³/mol. The van der Waals surface area contributed by atoms with Gasteiger partial charge in [-0.25, -0.2) is 0 Å². The number of hydrogen-bond acceptors (Lipinski definition) is 1. The lowest BCUT2D eigenvalue weighted by molar-refractivity contribution is 0.364. The van der Waals surface area contributed by atoms with Crippen molar-refractivity contribution in [1.29, 1.82) is 0 Å². The van der Waals surface area contributed by atoms with Crippen molar-refractivity contribution in [3.63, 3.8) is 0 Å². The summed E-state index contributed by atoms with van der Waals surface area (Å²) in [4.78, 5) is 0. The zero-order valence-electron chi connectivity index (χ0n) is 14.8. The minimum absolute atomic E-state index is 0.740. The number of rotatable bonds is 15. The van der Waals surface area contributed by atoms with E-state index in [2.05, 4.69) is 33.0 Å². The molecule has 0 heterocycles. The summed E-state index contributed by atoms with van der Waals surface area (Å²) in [6, 6.07) is 0.740. The van der Waals surface area contributed by atoms with Crippen LogP contribution >= 0.6 is 0 Å². The third-order valence-corrected chi connectivity index (χ3v) is 4.33. The summed E-state index contributed by atoms with van der Waals surface area (Å²) in [5, 5.41) is 3.70. The molecule has 0 aromatic heterocycles. The fourth-order valence-electron chi connectivity index (χ4n) is 2.85. The van der Waals surface area contributed by atoms with Gasteiger partial charge >= 0.3 is 0 Å². The summed E-state index contributed by atoms with van der Waals surface area (Å²) in [5.41, 5.74) is 0. The fourth-order valence-corrected chi connectivity index (χ4v) is 2.85. The fraction of sp³-hybridized carbons (Fsp3) is 1.00. The maximum absolute atomic E-state index is 3.70. The Morgan fingerprint density at radius 1 is 0.650 bits per heavy atom. The highest BCUT2D eigenvalue weighted by Gasteiger charge is 2.11. The Labute approximate surface area is 129 Å². The van der Waals surface area contributed by atoms with Crippen LogP contribution in [-0.2, 0) is 0 Å². The van der Waals surface area contributed by atoms with Crippen molar-refractivity contribution < 1.29 is 0 Å². The third-order valence-electron chi connectivity index (χ3n) is 4.33. The van der Waals surface area contributed by atoms with Gasteiger partial charge in [-0.05, 0) is 25.3 Å². The number of nitrogens with one attached hydrogen (secondary N) is 1. The normalized spacial score (nSPS) is 13.1. The van der Waals surface area contributed by atoms with Gasteiger partial charge in [0.05, 0.1) is 0 Å². The van der Waals surface area contributed by atoms with E-state index in [-0.39, 0.29) is 0 Å². The van der Waals surface area contributed by atoms with Gasteiger partial charge in [-0.2, -0.15) is 0 Å². The van der Waals surface area contributed by atoms with E-state index in [1.54, 1.807) is 0 Å². The van der Waals surface area contributed by atoms with E-state index < -0.39 is 0 Å². The molecule has 0 amide bonds. The van der Waals surface area contributed by atoms with Crippen LogP contribution in [0.3, 0.4) is 0 Å². The lowest BCUT2D eigenvalue weighted by atomic mass is 9.97. The molecule has 0 spiro atoms. The van der Waals surface area contributed by atoms with Crippen LogP contribution in [-0.4, -0.2) is 12.6 Å². The molecule has 20 heavy (non-hydrogen) atoms. The molecule has 0 aromatic carbocycles. The number of unbranched alkanes of at least 4 members (excludes halogenated alkanes) is 9. The first kappa shape index (κ1) is 20.0. The summed E-state index contributed by atoms with van der Waals surface area (Å²) in [6.07, 6.45) is 17.0. The van der Waals surface area contributed by atoms with E-state index in [9.17, 15) is 0 Å². The summed E-state index contributed by atoms with van der Waals surface area (Å²) in [6.45, 7) is 10.4. The maximum Gasteiger partial charge on any atom is 0.00900 e. The molecule has 1 unspecified atom stereocenters. The topological polar surface area (TPSA) is 12.0 Å². The molecule has 0 fully saturated rings. The second-order valence-corrected chi connectivity index (χ2v) is 6.78. The average molecular weight is 284 g/mol. The minimum atomic E-state index is 0.740. The van der Waals surface area contributed by atoms with Gasteiger partial charge in [0, 0.05) is 6.04 Å². The smallest absolute Gasteiger partial charge is 0.00900 e. The molecule has 122 valence electrons. The van der Waals surface area contributed by atoms with Crippen LogP contribution in [0.5, 0.6) is 0 Å². The van der Waals surface area contributed by atoms with Crippen molar-refractivity contribution in [3.05, 3.63) is 0 Å².